The summed E-state index contributed by atoms with van der Waals surface area (Å²) in [7, 11) is 0. The van der Waals surface area contributed by atoms with Crippen molar-refractivity contribution >= 4 is 23.0 Å². The van der Waals surface area contributed by atoms with Gasteiger partial charge in [-0.15, -0.1) is 0 Å². The second kappa shape index (κ2) is 4.62. The first kappa shape index (κ1) is 11.7. The second-order valence-corrected chi connectivity index (χ2v) is 3.35. The van der Waals surface area contributed by atoms with Crippen molar-refractivity contribution in [3.05, 3.63) is 46.5 Å². The molecule has 0 bridgehead atoms. The van der Waals surface area contributed by atoms with Gasteiger partial charge in [-0.2, -0.15) is 0 Å². The quantitative estimate of drug-likeness (QED) is 0.635. The topological polar surface area (TPSA) is 107 Å². The molecular weight excluding hydrogens is 241 g/mol. The number of nitrogen functional groups attached to an aromatic ring is 1. The van der Waals surface area contributed by atoms with Crippen LogP contribution in [0.15, 0.2) is 30.6 Å². The minimum atomic E-state index is -0.697. The molecule has 1 aromatic carbocycles. The summed E-state index contributed by atoms with van der Waals surface area (Å²) in [6.45, 7) is 0. The van der Waals surface area contributed by atoms with Gasteiger partial charge in [0.1, 0.15) is 12.1 Å². The van der Waals surface area contributed by atoms with Crippen LogP contribution in [0.5, 0.6) is 0 Å². The minimum absolute atomic E-state index is 0.0851. The zero-order chi connectivity index (χ0) is 13.1. The third-order valence-electron chi connectivity index (χ3n) is 2.12. The number of nitro groups is 1. The van der Waals surface area contributed by atoms with Gasteiger partial charge in [0, 0.05) is 5.69 Å². The Bertz CT molecular complexity index is 605. The second-order valence-electron chi connectivity index (χ2n) is 3.35. The molecule has 0 spiro atoms. The molecule has 0 fully saturated rings. The summed E-state index contributed by atoms with van der Waals surface area (Å²) in [5.41, 5.74) is 5.29. The molecule has 8 heteroatoms. The lowest BCUT2D eigenvalue weighted by Crippen LogP contribution is -2.05. The third-order valence-corrected chi connectivity index (χ3v) is 2.12. The van der Waals surface area contributed by atoms with Gasteiger partial charge < -0.3 is 11.1 Å². The van der Waals surface area contributed by atoms with E-state index in [0.717, 1.165) is 6.33 Å². The first-order chi connectivity index (χ1) is 8.58. The first-order valence-corrected chi connectivity index (χ1v) is 4.85. The summed E-state index contributed by atoms with van der Waals surface area (Å²) in [4.78, 5) is 17.4. The average molecular weight is 249 g/mol. The molecule has 1 aromatic heterocycles. The lowest BCUT2D eigenvalue weighted by Gasteiger charge is -2.06. The number of halogens is 1. The lowest BCUT2D eigenvalue weighted by molar-refractivity contribution is -0.383. The highest BCUT2D eigenvalue weighted by molar-refractivity contribution is 5.72. The fraction of sp³-hybridized carbons (Fsp3) is 0. The molecule has 2 aromatic rings. The molecule has 0 aliphatic heterocycles. The molecule has 0 aliphatic carbocycles. The van der Waals surface area contributed by atoms with E-state index in [0.29, 0.717) is 5.69 Å². The summed E-state index contributed by atoms with van der Waals surface area (Å²) in [6, 6.07) is 5.45. The molecule has 0 saturated heterocycles. The Morgan fingerprint density at radius 3 is 2.83 bits per heavy atom. The highest BCUT2D eigenvalue weighted by Gasteiger charge is 2.20. The molecule has 0 aliphatic rings. The van der Waals surface area contributed by atoms with Crippen molar-refractivity contribution < 1.29 is 9.31 Å². The summed E-state index contributed by atoms with van der Waals surface area (Å²) in [5, 5.41) is 13.5. The fourth-order valence-electron chi connectivity index (χ4n) is 1.37. The smallest absolute Gasteiger partial charge is 0.353 e. The summed E-state index contributed by atoms with van der Waals surface area (Å²) in [6.07, 6.45) is 1.09. The molecule has 0 radical (unpaired) electrons. The van der Waals surface area contributed by atoms with Crippen molar-refractivity contribution in [1.82, 2.24) is 9.97 Å². The number of hydrogen-bond donors (Lipinski definition) is 2. The van der Waals surface area contributed by atoms with Gasteiger partial charge in [-0.25, -0.2) is 14.4 Å². The fourth-order valence-corrected chi connectivity index (χ4v) is 1.37. The molecule has 0 saturated carbocycles. The van der Waals surface area contributed by atoms with Gasteiger partial charge >= 0.3 is 5.69 Å². The van der Waals surface area contributed by atoms with Crippen LogP contribution >= 0.6 is 0 Å². The van der Waals surface area contributed by atoms with Crippen molar-refractivity contribution in [1.29, 1.82) is 0 Å². The first-order valence-electron chi connectivity index (χ1n) is 4.85. The number of nitrogens with two attached hydrogens (primary N) is 1. The molecule has 1 heterocycles. The number of benzene rings is 1. The number of anilines is 3. The van der Waals surface area contributed by atoms with Crippen molar-refractivity contribution in [2.75, 3.05) is 11.1 Å². The van der Waals surface area contributed by atoms with E-state index in [1.807, 2.05) is 0 Å². The van der Waals surface area contributed by atoms with Crippen LogP contribution in [0.2, 0.25) is 0 Å². The van der Waals surface area contributed by atoms with Crippen LogP contribution < -0.4 is 11.1 Å². The van der Waals surface area contributed by atoms with Crippen LogP contribution in [0.3, 0.4) is 0 Å². The van der Waals surface area contributed by atoms with Crippen LogP contribution in [-0.4, -0.2) is 14.9 Å². The van der Waals surface area contributed by atoms with Crippen molar-refractivity contribution in [3.63, 3.8) is 0 Å². The van der Waals surface area contributed by atoms with E-state index < -0.39 is 16.4 Å². The number of nitrogens with one attached hydrogen (secondary N) is 1. The maximum absolute atomic E-state index is 13.0. The molecule has 0 amide bonds. The molecule has 0 atom stereocenters. The lowest BCUT2D eigenvalue weighted by atomic mass is 10.3. The maximum atomic E-state index is 13.0. The standard InChI is InChI=1S/C10H8FN5O2/c11-6-2-1-3-7(4-6)15-10-8(16(17)18)9(12)13-5-14-10/h1-5H,(H3,12,13,14,15). The Labute approximate surface area is 101 Å². The van der Waals surface area contributed by atoms with Crippen molar-refractivity contribution in [2.45, 2.75) is 0 Å². The van der Waals surface area contributed by atoms with E-state index in [1.54, 1.807) is 6.07 Å². The van der Waals surface area contributed by atoms with Gasteiger partial charge in [-0.05, 0) is 18.2 Å². The Hall–Kier alpha value is -2.77. The van der Waals surface area contributed by atoms with E-state index in [9.17, 15) is 14.5 Å². The van der Waals surface area contributed by atoms with E-state index in [1.165, 1.54) is 18.2 Å². The number of hydrogen-bond acceptors (Lipinski definition) is 6. The zero-order valence-corrected chi connectivity index (χ0v) is 9.00. The zero-order valence-electron chi connectivity index (χ0n) is 9.00. The van der Waals surface area contributed by atoms with Gasteiger partial charge in [0.15, 0.2) is 0 Å². The average Bonchev–Trinajstić information content (AvgIpc) is 2.28. The Balaban J connectivity index is 2.40. The largest absolute Gasteiger partial charge is 0.378 e. The highest BCUT2D eigenvalue weighted by Crippen LogP contribution is 2.28. The van der Waals surface area contributed by atoms with E-state index >= 15 is 0 Å². The molecule has 3 N–H and O–H groups in total. The normalized spacial score (nSPS) is 10.1. The maximum Gasteiger partial charge on any atom is 0.353 e. The van der Waals surface area contributed by atoms with Gasteiger partial charge in [0.2, 0.25) is 11.6 Å². The van der Waals surface area contributed by atoms with E-state index in [-0.39, 0.29) is 11.6 Å². The van der Waals surface area contributed by atoms with E-state index in [2.05, 4.69) is 15.3 Å². The summed E-state index contributed by atoms with van der Waals surface area (Å²) in [5.74, 6) is -0.809. The Kier molecular flexibility index (Phi) is 3.00. The molecular formula is C10H8FN5O2. The monoisotopic (exact) mass is 249 g/mol. The van der Waals surface area contributed by atoms with Crippen LogP contribution in [0.1, 0.15) is 0 Å². The number of aromatic nitrogens is 2. The van der Waals surface area contributed by atoms with Crippen molar-refractivity contribution in [3.8, 4) is 0 Å². The third kappa shape index (κ3) is 2.32. The van der Waals surface area contributed by atoms with Gasteiger partial charge in [-0.3, -0.25) is 10.1 Å². The molecule has 92 valence electrons. The van der Waals surface area contributed by atoms with Crippen LogP contribution in [0.25, 0.3) is 0 Å². The van der Waals surface area contributed by atoms with E-state index in [4.69, 9.17) is 5.73 Å². The van der Waals surface area contributed by atoms with Crippen molar-refractivity contribution in [2.24, 2.45) is 0 Å². The van der Waals surface area contributed by atoms with Gasteiger partial charge in [-0.1, -0.05) is 6.07 Å². The van der Waals surface area contributed by atoms with Crippen LogP contribution in [0.4, 0.5) is 27.4 Å². The number of rotatable bonds is 3. The minimum Gasteiger partial charge on any atom is -0.378 e. The Morgan fingerprint density at radius 2 is 2.17 bits per heavy atom. The predicted octanol–water partition coefficient (Wildman–Crippen LogP) is 1.85. The summed E-state index contributed by atoms with van der Waals surface area (Å²) < 4.78 is 13.0. The molecule has 7 nitrogen and oxygen atoms in total. The highest BCUT2D eigenvalue weighted by atomic mass is 19.1. The molecule has 0 unspecified atom stereocenters. The van der Waals surface area contributed by atoms with Crippen LogP contribution in [0, 0.1) is 15.9 Å². The van der Waals surface area contributed by atoms with Gasteiger partial charge in [0.25, 0.3) is 0 Å². The molecule has 18 heavy (non-hydrogen) atoms. The van der Waals surface area contributed by atoms with Gasteiger partial charge in [0.05, 0.1) is 4.92 Å². The molecule has 2 rings (SSSR count). The van der Waals surface area contributed by atoms with Crippen LogP contribution in [-0.2, 0) is 0 Å². The summed E-state index contributed by atoms with van der Waals surface area (Å²) >= 11 is 0. The number of nitrogens with zero attached hydrogens (tertiary/aromatic N) is 3. The Morgan fingerprint density at radius 1 is 1.39 bits per heavy atom. The predicted molar refractivity (Wildman–Crippen MR) is 62.8 cm³/mol. The SMILES string of the molecule is Nc1ncnc(Nc2cccc(F)c2)c1[N+](=O)[O-].